The SMILES string of the molecule is C#Cc1cccc(Nc2ncnc3cc(Cl)c([N+](=O)[O-])cc23)c1.Cl.O=c1[nH]cnc2cc(Cl)c([N+](=O)[O-])cc12. The molecule has 2 N–H and O–H groups in total. The summed E-state index contributed by atoms with van der Waals surface area (Å²) < 4.78 is 0. The first-order chi connectivity index (χ1) is 18.2. The number of hydrogen-bond acceptors (Lipinski definition) is 9. The van der Waals surface area contributed by atoms with Gasteiger partial charge in [-0.25, -0.2) is 15.0 Å². The van der Waals surface area contributed by atoms with E-state index in [1.807, 2.05) is 6.07 Å². The third-order valence-corrected chi connectivity index (χ3v) is 5.70. The van der Waals surface area contributed by atoms with Crippen LogP contribution in [0, 0.1) is 32.6 Å². The lowest BCUT2D eigenvalue weighted by Crippen LogP contribution is -2.06. The number of benzene rings is 3. The highest BCUT2D eigenvalue weighted by Crippen LogP contribution is 2.32. The lowest BCUT2D eigenvalue weighted by Gasteiger charge is -2.09. The van der Waals surface area contributed by atoms with Crippen molar-refractivity contribution in [1.29, 1.82) is 0 Å². The first-order valence-electron chi connectivity index (χ1n) is 10.4. The van der Waals surface area contributed by atoms with E-state index in [4.69, 9.17) is 29.6 Å². The summed E-state index contributed by atoms with van der Waals surface area (Å²) in [5.41, 5.74) is 1.33. The quantitative estimate of drug-likeness (QED) is 0.149. The number of nitro groups is 2. The first-order valence-corrected chi connectivity index (χ1v) is 11.2. The summed E-state index contributed by atoms with van der Waals surface area (Å²) in [6.07, 6.45) is 7.95. The van der Waals surface area contributed by atoms with Gasteiger partial charge in [0.15, 0.2) is 0 Å². The second kappa shape index (κ2) is 12.1. The fraction of sp³-hybridized carbons (Fsp3) is 0. The molecule has 5 aromatic rings. The fourth-order valence-corrected chi connectivity index (χ4v) is 3.80. The minimum atomic E-state index is -0.645. The third kappa shape index (κ3) is 6.36. The van der Waals surface area contributed by atoms with Crippen molar-refractivity contribution < 1.29 is 9.85 Å². The van der Waals surface area contributed by atoms with E-state index in [-0.39, 0.29) is 39.2 Å². The number of nitrogens with zero attached hydrogens (tertiary/aromatic N) is 5. The van der Waals surface area contributed by atoms with Gasteiger partial charge in [-0.05, 0) is 30.3 Å². The van der Waals surface area contributed by atoms with E-state index in [1.54, 1.807) is 18.2 Å². The Labute approximate surface area is 234 Å². The number of nitrogens with one attached hydrogen (secondary N) is 2. The van der Waals surface area contributed by atoms with Crippen LogP contribution in [0.3, 0.4) is 0 Å². The Bertz CT molecular complexity index is 1840. The van der Waals surface area contributed by atoms with Gasteiger partial charge in [0.1, 0.15) is 22.2 Å². The minimum Gasteiger partial charge on any atom is -0.340 e. The van der Waals surface area contributed by atoms with Crippen molar-refractivity contribution in [3.63, 3.8) is 0 Å². The number of terminal acetylenes is 1. The van der Waals surface area contributed by atoms with E-state index in [2.05, 4.69) is 31.2 Å². The molecule has 0 aliphatic carbocycles. The molecule has 0 bridgehead atoms. The molecular weight excluding hydrogens is 573 g/mol. The Kier molecular flexibility index (Phi) is 8.95. The van der Waals surface area contributed by atoms with Gasteiger partial charge in [-0.1, -0.05) is 35.2 Å². The molecule has 0 aliphatic rings. The average molecular weight is 587 g/mol. The fourth-order valence-electron chi connectivity index (χ4n) is 3.35. The molecule has 0 fully saturated rings. The van der Waals surface area contributed by atoms with Crippen LogP contribution in [0.5, 0.6) is 0 Å². The van der Waals surface area contributed by atoms with Crippen LogP contribution in [0.1, 0.15) is 5.56 Å². The smallest absolute Gasteiger partial charge is 0.288 e. The standard InChI is InChI=1S/C16H9ClN4O2.C8H4ClN3O3.ClH/c1-2-10-4-3-5-11(6-10)20-16-12-7-15(21(22)23)13(17)8-14(12)18-9-19-16;9-5-2-6-4(1-7(5)12(14)15)8(13)11-3-10-6;/h1,3-9H,(H,18,19,20);1-3H,(H,10,11,13);1H. The van der Waals surface area contributed by atoms with Gasteiger partial charge in [-0.15, -0.1) is 18.8 Å². The van der Waals surface area contributed by atoms with E-state index in [0.717, 1.165) is 11.8 Å². The lowest BCUT2D eigenvalue weighted by molar-refractivity contribution is -0.384. The molecule has 12 nitrogen and oxygen atoms in total. The molecule has 0 saturated carbocycles. The summed E-state index contributed by atoms with van der Waals surface area (Å²) in [4.78, 5) is 46.1. The van der Waals surface area contributed by atoms with E-state index < -0.39 is 15.4 Å². The second-order valence-corrected chi connectivity index (χ2v) is 8.27. The van der Waals surface area contributed by atoms with Crippen molar-refractivity contribution in [2.75, 3.05) is 5.32 Å². The van der Waals surface area contributed by atoms with Gasteiger partial charge in [0.25, 0.3) is 16.9 Å². The zero-order chi connectivity index (χ0) is 27.4. The number of nitro benzene ring substituents is 2. The molecule has 0 aliphatic heterocycles. The maximum atomic E-state index is 11.3. The van der Waals surface area contributed by atoms with Gasteiger partial charge in [-0.2, -0.15) is 0 Å². The molecule has 5 rings (SSSR count). The molecule has 15 heteroatoms. The topological polar surface area (TPSA) is 170 Å². The molecule has 3 aromatic carbocycles. The summed E-state index contributed by atoms with van der Waals surface area (Å²) in [7, 11) is 0. The first kappa shape index (κ1) is 28.7. The molecule has 2 heterocycles. The summed E-state index contributed by atoms with van der Waals surface area (Å²) in [5.74, 6) is 2.98. The van der Waals surface area contributed by atoms with Gasteiger partial charge >= 0.3 is 0 Å². The number of H-pyrrole nitrogens is 1. The van der Waals surface area contributed by atoms with Crippen molar-refractivity contribution >= 4 is 80.3 Å². The van der Waals surface area contributed by atoms with E-state index in [1.165, 1.54) is 30.9 Å². The number of aromatic nitrogens is 4. The molecule has 0 atom stereocenters. The van der Waals surface area contributed by atoms with Crippen molar-refractivity contribution in [2.24, 2.45) is 0 Å². The number of hydrogen-bond donors (Lipinski definition) is 2. The van der Waals surface area contributed by atoms with Gasteiger partial charge in [0, 0.05) is 28.8 Å². The summed E-state index contributed by atoms with van der Waals surface area (Å²) in [6, 6.07) is 12.4. The third-order valence-electron chi connectivity index (χ3n) is 5.10. The number of rotatable bonds is 4. The molecule has 0 spiro atoms. The van der Waals surface area contributed by atoms with E-state index >= 15 is 0 Å². The molecule has 0 amide bonds. The maximum absolute atomic E-state index is 11.3. The number of aromatic amines is 1. The lowest BCUT2D eigenvalue weighted by atomic mass is 10.2. The van der Waals surface area contributed by atoms with Crippen LogP contribution in [0.2, 0.25) is 10.0 Å². The molecule has 0 unspecified atom stereocenters. The Hall–Kier alpha value is -4.83. The molecule has 2 aromatic heterocycles. The maximum Gasteiger partial charge on any atom is 0.288 e. The van der Waals surface area contributed by atoms with Gasteiger partial charge in [0.05, 0.1) is 32.6 Å². The van der Waals surface area contributed by atoms with Gasteiger partial charge < -0.3 is 10.3 Å². The Morgan fingerprint density at radius 3 is 2.13 bits per heavy atom. The zero-order valence-corrected chi connectivity index (χ0v) is 21.6. The van der Waals surface area contributed by atoms with Crippen LogP contribution in [-0.2, 0) is 0 Å². The van der Waals surface area contributed by atoms with Gasteiger partial charge in [-0.3, -0.25) is 25.0 Å². The molecule has 196 valence electrons. The average Bonchev–Trinajstić information content (AvgIpc) is 2.88. The van der Waals surface area contributed by atoms with Crippen molar-refractivity contribution in [3.05, 3.63) is 107 Å². The van der Waals surface area contributed by atoms with Crippen molar-refractivity contribution in [1.82, 2.24) is 19.9 Å². The van der Waals surface area contributed by atoms with Gasteiger partial charge in [0.2, 0.25) is 0 Å². The Morgan fingerprint density at radius 2 is 1.51 bits per heavy atom. The molecule has 0 radical (unpaired) electrons. The highest BCUT2D eigenvalue weighted by atomic mass is 35.5. The number of halogens is 3. The van der Waals surface area contributed by atoms with Crippen LogP contribution in [0.4, 0.5) is 22.9 Å². The second-order valence-electron chi connectivity index (χ2n) is 7.46. The monoisotopic (exact) mass is 585 g/mol. The van der Waals surface area contributed by atoms with Crippen LogP contribution in [-0.4, -0.2) is 29.8 Å². The predicted octanol–water partition coefficient (Wildman–Crippen LogP) is 5.82. The summed E-state index contributed by atoms with van der Waals surface area (Å²) in [6.45, 7) is 0. The van der Waals surface area contributed by atoms with Crippen molar-refractivity contribution in [2.45, 2.75) is 0 Å². The minimum absolute atomic E-state index is 0. The Morgan fingerprint density at radius 1 is 0.897 bits per heavy atom. The zero-order valence-electron chi connectivity index (χ0n) is 19.3. The largest absolute Gasteiger partial charge is 0.340 e. The summed E-state index contributed by atoms with van der Waals surface area (Å²) in [5, 5.41) is 25.4. The Balaban J connectivity index is 0.000000228. The summed E-state index contributed by atoms with van der Waals surface area (Å²) >= 11 is 11.6. The molecule has 39 heavy (non-hydrogen) atoms. The number of anilines is 2. The molecular formula is C24H14Cl3N7O5. The van der Waals surface area contributed by atoms with Crippen LogP contribution in [0.15, 0.2) is 66.0 Å². The van der Waals surface area contributed by atoms with Crippen LogP contribution < -0.4 is 10.9 Å². The van der Waals surface area contributed by atoms with E-state index in [0.29, 0.717) is 27.8 Å². The molecule has 0 saturated heterocycles. The van der Waals surface area contributed by atoms with Crippen LogP contribution in [0.25, 0.3) is 21.8 Å². The highest BCUT2D eigenvalue weighted by molar-refractivity contribution is 6.33. The normalized spacial score (nSPS) is 10.1. The van der Waals surface area contributed by atoms with Crippen LogP contribution >= 0.6 is 35.6 Å². The van der Waals surface area contributed by atoms with E-state index in [9.17, 15) is 25.0 Å². The van der Waals surface area contributed by atoms with Crippen molar-refractivity contribution in [3.8, 4) is 12.3 Å². The number of fused-ring (bicyclic) bond motifs is 2. The predicted molar refractivity (Wildman–Crippen MR) is 150 cm³/mol. The highest BCUT2D eigenvalue weighted by Gasteiger charge is 2.17.